The Balaban J connectivity index is 1.38. The van der Waals surface area contributed by atoms with Crippen molar-refractivity contribution in [1.29, 1.82) is 0 Å². The fourth-order valence-corrected chi connectivity index (χ4v) is 4.06. The van der Waals surface area contributed by atoms with Crippen LogP contribution in [0.5, 0.6) is 5.75 Å². The van der Waals surface area contributed by atoms with Gasteiger partial charge in [0.1, 0.15) is 18.4 Å². The highest BCUT2D eigenvalue weighted by Crippen LogP contribution is 2.44. The van der Waals surface area contributed by atoms with Crippen molar-refractivity contribution >= 4 is 23.7 Å². The number of carboxylic acid groups (broad SMARTS) is 1. The van der Waals surface area contributed by atoms with Gasteiger partial charge in [0.05, 0.1) is 18.4 Å². The SMILES string of the molecule is COc1ccc(C(=O)O)cc1NC(=O)[C@@H](C)NC(=O)OCC1c2ccccc2-c2ccccc21. The molecule has 0 saturated heterocycles. The molecule has 2 amide bonds. The van der Waals surface area contributed by atoms with Gasteiger partial charge in [-0.25, -0.2) is 9.59 Å². The van der Waals surface area contributed by atoms with Crippen LogP contribution in [0.15, 0.2) is 66.7 Å². The Labute approximate surface area is 196 Å². The molecule has 1 atom stereocenters. The molecule has 0 saturated carbocycles. The molecule has 0 fully saturated rings. The highest BCUT2D eigenvalue weighted by Gasteiger charge is 2.29. The Morgan fingerprint density at radius 3 is 2.18 bits per heavy atom. The van der Waals surface area contributed by atoms with Crippen molar-refractivity contribution in [3.05, 3.63) is 83.4 Å². The third-order valence-corrected chi connectivity index (χ3v) is 5.78. The molecule has 0 radical (unpaired) electrons. The Morgan fingerprint density at radius 1 is 0.971 bits per heavy atom. The number of aromatic carboxylic acids is 1. The third-order valence-electron chi connectivity index (χ3n) is 5.78. The van der Waals surface area contributed by atoms with E-state index in [-0.39, 0.29) is 23.8 Å². The number of methoxy groups -OCH3 is 1. The molecule has 34 heavy (non-hydrogen) atoms. The molecule has 3 aromatic rings. The van der Waals surface area contributed by atoms with Gasteiger partial charge < -0.3 is 25.2 Å². The van der Waals surface area contributed by atoms with Crippen LogP contribution in [-0.2, 0) is 9.53 Å². The second kappa shape index (κ2) is 9.66. The van der Waals surface area contributed by atoms with Crippen molar-refractivity contribution in [3.8, 4) is 16.9 Å². The van der Waals surface area contributed by atoms with E-state index < -0.39 is 24.0 Å². The molecule has 3 N–H and O–H groups in total. The number of ether oxygens (including phenoxy) is 2. The third kappa shape index (κ3) is 4.56. The minimum atomic E-state index is -1.14. The molecule has 1 aliphatic carbocycles. The number of amides is 2. The van der Waals surface area contributed by atoms with Gasteiger partial charge in [0.15, 0.2) is 0 Å². The predicted octanol–water partition coefficient (Wildman–Crippen LogP) is 4.26. The number of anilines is 1. The van der Waals surface area contributed by atoms with Gasteiger partial charge in [-0.1, -0.05) is 48.5 Å². The van der Waals surface area contributed by atoms with E-state index in [4.69, 9.17) is 9.47 Å². The zero-order valence-corrected chi connectivity index (χ0v) is 18.7. The van der Waals surface area contributed by atoms with Crippen molar-refractivity contribution in [2.24, 2.45) is 0 Å². The van der Waals surface area contributed by atoms with Gasteiger partial charge in [-0.05, 0) is 47.4 Å². The second-order valence-electron chi connectivity index (χ2n) is 7.90. The summed E-state index contributed by atoms with van der Waals surface area (Å²) in [5.41, 5.74) is 4.61. The molecule has 4 rings (SSSR count). The lowest BCUT2D eigenvalue weighted by atomic mass is 9.98. The summed E-state index contributed by atoms with van der Waals surface area (Å²) in [6.07, 6.45) is -0.726. The van der Waals surface area contributed by atoms with Gasteiger partial charge in [-0.2, -0.15) is 0 Å². The maximum atomic E-state index is 12.6. The molecule has 0 bridgehead atoms. The number of rotatable bonds is 7. The predicted molar refractivity (Wildman–Crippen MR) is 126 cm³/mol. The lowest BCUT2D eigenvalue weighted by Crippen LogP contribution is -2.42. The first kappa shape index (κ1) is 22.8. The molecule has 0 unspecified atom stereocenters. The first-order valence-electron chi connectivity index (χ1n) is 10.7. The summed E-state index contributed by atoms with van der Waals surface area (Å²) in [5, 5.41) is 14.3. The molecular weight excluding hydrogens is 436 g/mol. The molecular formula is C26H24N2O6. The van der Waals surface area contributed by atoms with E-state index in [0.717, 1.165) is 22.3 Å². The standard InChI is InChI=1S/C26H24N2O6/c1-15(24(29)28-22-13-16(25(30)31)11-12-23(22)33-2)27-26(32)34-14-21-19-9-5-3-7-17(19)18-8-4-6-10-20(18)21/h3-13,15,21H,14H2,1-2H3,(H,27,32)(H,28,29)(H,30,31)/t15-/m1/s1. The van der Waals surface area contributed by atoms with Crippen molar-refractivity contribution < 1.29 is 29.0 Å². The Morgan fingerprint density at radius 2 is 1.59 bits per heavy atom. The minimum Gasteiger partial charge on any atom is -0.495 e. The number of carbonyl (C=O) groups excluding carboxylic acids is 2. The summed E-state index contributed by atoms with van der Waals surface area (Å²) in [7, 11) is 1.41. The van der Waals surface area contributed by atoms with Crippen LogP contribution in [0.4, 0.5) is 10.5 Å². The highest BCUT2D eigenvalue weighted by molar-refractivity contribution is 5.99. The summed E-state index contributed by atoms with van der Waals surface area (Å²) in [6.45, 7) is 1.63. The average Bonchev–Trinajstić information content (AvgIpc) is 3.16. The molecule has 1 aliphatic rings. The molecule has 0 aromatic heterocycles. The number of benzene rings is 3. The largest absolute Gasteiger partial charge is 0.495 e. The summed E-state index contributed by atoms with van der Waals surface area (Å²) in [4.78, 5) is 36.3. The van der Waals surface area contributed by atoms with Gasteiger partial charge >= 0.3 is 12.1 Å². The molecule has 0 spiro atoms. The number of carboxylic acids is 1. The van der Waals surface area contributed by atoms with Crippen LogP contribution in [0, 0.1) is 0 Å². The zero-order chi connectivity index (χ0) is 24.2. The number of hydrogen-bond donors (Lipinski definition) is 3. The quantitative estimate of drug-likeness (QED) is 0.486. The molecule has 8 heteroatoms. The molecule has 0 aliphatic heterocycles. The highest BCUT2D eigenvalue weighted by atomic mass is 16.5. The Kier molecular flexibility index (Phi) is 6.49. The van der Waals surface area contributed by atoms with Gasteiger partial charge in [-0.3, -0.25) is 4.79 Å². The van der Waals surface area contributed by atoms with Crippen molar-refractivity contribution in [2.75, 3.05) is 19.0 Å². The van der Waals surface area contributed by atoms with Gasteiger partial charge in [0.25, 0.3) is 0 Å². The average molecular weight is 460 g/mol. The first-order chi connectivity index (χ1) is 16.4. The van der Waals surface area contributed by atoms with Gasteiger partial charge in [0, 0.05) is 5.92 Å². The first-order valence-corrected chi connectivity index (χ1v) is 10.7. The van der Waals surface area contributed by atoms with Crippen LogP contribution in [0.1, 0.15) is 34.3 Å². The van der Waals surface area contributed by atoms with E-state index in [1.807, 2.05) is 48.5 Å². The van der Waals surface area contributed by atoms with E-state index in [0.29, 0.717) is 5.75 Å². The van der Waals surface area contributed by atoms with Gasteiger partial charge in [-0.15, -0.1) is 0 Å². The van der Waals surface area contributed by atoms with E-state index in [1.165, 1.54) is 32.2 Å². The number of fused-ring (bicyclic) bond motifs is 3. The van der Waals surface area contributed by atoms with Crippen LogP contribution < -0.4 is 15.4 Å². The van der Waals surface area contributed by atoms with Crippen LogP contribution in [0.3, 0.4) is 0 Å². The molecule has 174 valence electrons. The van der Waals surface area contributed by atoms with Crippen LogP contribution in [0.2, 0.25) is 0 Å². The van der Waals surface area contributed by atoms with Crippen molar-refractivity contribution in [1.82, 2.24) is 5.32 Å². The molecule has 0 heterocycles. The molecule has 8 nitrogen and oxygen atoms in total. The summed E-state index contributed by atoms with van der Waals surface area (Å²) < 4.78 is 10.6. The maximum absolute atomic E-state index is 12.6. The summed E-state index contributed by atoms with van der Waals surface area (Å²) >= 11 is 0. The lowest BCUT2D eigenvalue weighted by Gasteiger charge is -2.18. The number of nitrogens with one attached hydrogen (secondary N) is 2. The number of hydrogen-bond acceptors (Lipinski definition) is 5. The molecule has 3 aromatic carbocycles. The zero-order valence-electron chi connectivity index (χ0n) is 18.7. The lowest BCUT2D eigenvalue weighted by molar-refractivity contribution is -0.117. The van der Waals surface area contributed by atoms with Crippen molar-refractivity contribution in [3.63, 3.8) is 0 Å². The van der Waals surface area contributed by atoms with Crippen LogP contribution in [-0.4, -0.2) is 42.8 Å². The topological polar surface area (TPSA) is 114 Å². The number of carbonyl (C=O) groups is 3. The summed E-state index contributed by atoms with van der Waals surface area (Å²) in [6, 6.07) is 19.2. The fraction of sp³-hybridized carbons (Fsp3) is 0.192. The fourth-order valence-electron chi connectivity index (χ4n) is 4.06. The Hall–Kier alpha value is -4.33. The normalized spacial score (nSPS) is 12.8. The van der Waals surface area contributed by atoms with Crippen molar-refractivity contribution in [2.45, 2.75) is 18.9 Å². The second-order valence-corrected chi connectivity index (χ2v) is 7.90. The van der Waals surface area contributed by atoms with E-state index in [9.17, 15) is 19.5 Å². The number of alkyl carbamates (subject to hydrolysis) is 1. The van der Waals surface area contributed by atoms with Crippen LogP contribution >= 0.6 is 0 Å². The smallest absolute Gasteiger partial charge is 0.407 e. The minimum absolute atomic E-state index is 0.00625. The monoisotopic (exact) mass is 460 g/mol. The van der Waals surface area contributed by atoms with Gasteiger partial charge in [0.2, 0.25) is 5.91 Å². The van der Waals surface area contributed by atoms with E-state index in [2.05, 4.69) is 10.6 Å². The maximum Gasteiger partial charge on any atom is 0.407 e. The summed E-state index contributed by atoms with van der Waals surface area (Å²) in [5.74, 6) is -1.48. The Bertz CT molecular complexity index is 1210. The van der Waals surface area contributed by atoms with E-state index >= 15 is 0 Å². The van der Waals surface area contributed by atoms with E-state index in [1.54, 1.807) is 0 Å². The van der Waals surface area contributed by atoms with Crippen LogP contribution in [0.25, 0.3) is 11.1 Å².